The van der Waals surface area contributed by atoms with E-state index in [4.69, 9.17) is 5.73 Å². The van der Waals surface area contributed by atoms with Crippen molar-refractivity contribution in [2.75, 3.05) is 0 Å². The summed E-state index contributed by atoms with van der Waals surface area (Å²) in [5.74, 6) is 1.51. The number of rotatable bonds is 5. The zero-order valence-corrected chi connectivity index (χ0v) is 13.5. The molecule has 3 heteroatoms. The largest absolute Gasteiger partial charge is 0.508 e. The molecule has 0 heterocycles. The Hall–Kier alpha value is -2.29. The normalized spacial score (nSPS) is 13.4. The fourth-order valence-electron chi connectivity index (χ4n) is 2.36. The molecule has 0 aliphatic rings. The van der Waals surface area contributed by atoms with E-state index in [9.17, 15) is 5.11 Å². The summed E-state index contributed by atoms with van der Waals surface area (Å²) in [5.41, 5.74) is 9.38. The summed E-state index contributed by atoms with van der Waals surface area (Å²) in [4.78, 5) is 4.43. The minimum absolute atomic E-state index is 0.0573. The Morgan fingerprint density at radius 1 is 1.00 bits per heavy atom. The van der Waals surface area contributed by atoms with E-state index in [1.54, 1.807) is 24.3 Å². The number of nitrogens with two attached hydrogens (primary N) is 1. The van der Waals surface area contributed by atoms with Crippen molar-refractivity contribution in [1.29, 1.82) is 0 Å². The number of nitrogens with zero attached hydrogens (tertiary/aromatic N) is 1. The third-order valence-electron chi connectivity index (χ3n) is 3.68. The van der Waals surface area contributed by atoms with Crippen molar-refractivity contribution in [3.8, 4) is 5.75 Å². The molecule has 116 valence electrons. The lowest BCUT2D eigenvalue weighted by Crippen LogP contribution is -2.19. The molecule has 0 saturated heterocycles. The van der Waals surface area contributed by atoms with Crippen LogP contribution in [0.1, 0.15) is 37.8 Å². The third-order valence-corrected chi connectivity index (χ3v) is 3.68. The van der Waals surface area contributed by atoms with Gasteiger partial charge in [-0.05, 0) is 47.7 Å². The van der Waals surface area contributed by atoms with Crippen molar-refractivity contribution in [3.63, 3.8) is 0 Å². The molecule has 2 aromatic rings. The molecule has 3 N–H and O–H groups in total. The van der Waals surface area contributed by atoms with Crippen LogP contribution in [0.3, 0.4) is 0 Å². The SMILES string of the molecule is CC(C)Cc1ccc([C@@H](C)C(N)=Nc2ccc(O)cc2)cc1. The third kappa shape index (κ3) is 4.35. The molecule has 3 nitrogen and oxygen atoms in total. The maximum absolute atomic E-state index is 9.29. The average molecular weight is 296 g/mol. The van der Waals surface area contributed by atoms with Crippen LogP contribution < -0.4 is 5.73 Å². The first-order valence-electron chi connectivity index (χ1n) is 7.67. The summed E-state index contributed by atoms with van der Waals surface area (Å²) in [6, 6.07) is 15.3. The minimum atomic E-state index is 0.0573. The zero-order chi connectivity index (χ0) is 16.1. The summed E-state index contributed by atoms with van der Waals surface area (Å²) in [5, 5.41) is 9.29. The summed E-state index contributed by atoms with van der Waals surface area (Å²) >= 11 is 0. The highest BCUT2D eigenvalue weighted by Gasteiger charge is 2.10. The van der Waals surface area contributed by atoms with E-state index in [-0.39, 0.29) is 11.7 Å². The summed E-state index contributed by atoms with van der Waals surface area (Å²) in [7, 11) is 0. The lowest BCUT2D eigenvalue weighted by atomic mass is 9.96. The molecule has 2 rings (SSSR count). The van der Waals surface area contributed by atoms with Gasteiger partial charge in [-0.1, -0.05) is 45.0 Å². The molecule has 0 spiro atoms. The second kappa shape index (κ2) is 7.12. The monoisotopic (exact) mass is 296 g/mol. The predicted octanol–water partition coefficient (Wildman–Crippen LogP) is 4.38. The average Bonchev–Trinajstić information content (AvgIpc) is 2.49. The van der Waals surface area contributed by atoms with Crippen molar-refractivity contribution in [1.82, 2.24) is 0 Å². The number of benzene rings is 2. The Labute approximate surface area is 132 Å². The maximum Gasteiger partial charge on any atom is 0.115 e. The van der Waals surface area contributed by atoms with Crippen molar-refractivity contribution in [2.24, 2.45) is 16.6 Å². The van der Waals surface area contributed by atoms with Crippen LogP contribution in [0.5, 0.6) is 5.75 Å². The lowest BCUT2D eigenvalue weighted by molar-refractivity contribution is 0.475. The first-order valence-corrected chi connectivity index (χ1v) is 7.67. The first-order chi connectivity index (χ1) is 10.5. The highest BCUT2D eigenvalue weighted by Crippen LogP contribution is 2.21. The second-order valence-corrected chi connectivity index (χ2v) is 6.11. The Balaban J connectivity index is 2.12. The van der Waals surface area contributed by atoms with Gasteiger partial charge in [0.2, 0.25) is 0 Å². The highest BCUT2D eigenvalue weighted by molar-refractivity contribution is 5.89. The van der Waals surface area contributed by atoms with Gasteiger partial charge in [0.1, 0.15) is 11.6 Å². The number of phenols is 1. The van der Waals surface area contributed by atoms with Crippen LogP contribution in [0.2, 0.25) is 0 Å². The van der Waals surface area contributed by atoms with Crippen LogP contribution in [0, 0.1) is 5.92 Å². The standard InChI is InChI=1S/C19H24N2O/c1-13(2)12-15-4-6-16(7-5-15)14(3)19(20)21-17-8-10-18(22)11-9-17/h4-11,13-14,22H,12H2,1-3H3,(H2,20,21)/t14-/m1/s1. The van der Waals surface area contributed by atoms with Gasteiger partial charge in [-0.2, -0.15) is 0 Å². The topological polar surface area (TPSA) is 58.6 Å². The van der Waals surface area contributed by atoms with Crippen LogP contribution in [0.4, 0.5) is 5.69 Å². The van der Waals surface area contributed by atoms with E-state index in [0.717, 1.165) is 17.7 Å². The van der Waals surface area contributed by atoms with E-state index < -0.39 is 0 Å². The van der Waals surface area contributed by atoms with E-state index in [1.807, 2.05) is 0 Å². The molecule has 0 radical (unpaired) electrons. The molecule has 0 aliphatic carbocycles. The molecule has 0 aromatic heterocycles. The van der Waals surface area contributed by atoms with Crippen LogP contribution in [0.15, 0.2) is 53.5 Å². The number of phenolic OH excluding ortho intramolecular Hbond substituents is 1. The predicted molar refractivity (Wildman–Crippen MR) is 92.8 cm³/mol. The van der Waals surface area contributed by atoms with Crippen molar-refractivity contribution in [2.45, 2.75) is 33.1 Å². The number of hydrogen-bond donors (Lipinski definition) is 2. The number of aliphatic imine (C=N–C) groups is 1. The van der Waals surface area contributed by atoms with E-state index in [0.29, 0.717) is 11.8 Å². The Morgan fingerprint density at radius 2 is 1.59 bits per heavy atom. The molecule has 0 saturated carbocycles. The minimum Gasteiger partial charge on any atom is -0.508 e. The zero-order valence-electron chi connectivity index (χ0n) is 13.5. The fraction of sp³-hybridized carbons (Fsp3) is 0.316. The van der Waals surface area contributed by atoms with Gasteiger partial charge in [0.05, 0.1) is 5.69 Å². The number of amidine groups is 1. The molecular formula is C19H24N2O. The van der Waals surface area contributed by atoms with Crippen molar-refractivity contribution >= 4 is 11.5 Å². The van der Waals surface area contributed by atoms with Gasteiger partial charge in [0, 0.05) is 5.92 Å². The summed E-state index contributed by atoms with van der Waals surface area (Å²) in [6.45, 7) is 6.49. The Bertz CT molecular complexity index is 627. The molecule has 22 heavy (non-hydrogen) atoms. The van der Waals surface area contributed by atoms with Gasteiger partial charge in [0.25, 0.3) is 0 Å². The molecule has 0 amide bonds. The molecule has 0 fully saturated rings. The quantitative estimate of drug-likeness (QED) is 0.635. The highest BCUT2D eigenvalue weighted by atomic mass is 16.3. The molecule has 2 aromatic carbocycles. The lowest BCUT2D eigenvalue weighted by Gasteiger charge is -2.13. The van der Waals surface area contributed by atoms with Crippen LogP contribution in [-0.2, 0) is 6.42 Å². The van der Waals surface area contributed by atoms with Gasteiger partial charge < -0.3 is 10.8 Å². The smallest absolute Gasteiger partial charge is 0.115 e. The van der Waals surface area contributed by atoms with Crippen LogP contribution in [-0.4, -0.2) is 10.9 Å². The van der Waals surface area contributed by atoms with Gasteiger partial charge >= 0.3 is 0 Å². The molecule has 0 unspecified atom stereocenters. The van der Waals surface area contributed by atoms with E-state index in [2.05, 4.69) is 50.0 Å². The van der Waals surface area contributed by atoms with Gasteiger partial charge in [0.15, 0.2) is 0 Å². The number of aromatic hydroxyl groups is 1. The molecular weight excluding hydrogens is 272 g/mol. The second-order valence-electron chi connectivity index (χ2n) is 6.11. The van der Waals surface area contributed by atoms with Gasteiger partial charge in [-0.25, -0.2) is 4.99 Å². The summed E-state index contributed by atoms with van der Waals surface area (Å²) < 4.78 is 0. The van der Waals surface area contributed by atoms with Crippen molar-refractivity contribution < 1.29 is 5.11 Å². The summed E-state index contributed by atoms with van der Waals surface area (Å²) in [6.07, 6.45) is 1.09. The van der Waals surface area contributed by atoms with Crippen molar-refractivity contribution in [3.05, 3.63) is 59.7 Å². The first kappa shape index (κ1) is 16.1. The van der Waals surface area contributed by atoms with E-state index >= 15 is 0 Å². The van der Waals surface area contributed by atoms with Crippen LogP contribution >= 0.6 is 0 Å². The molecule has 1 atom stereocenters. The van der Waals surface area contributed by atoms with E-state index in [1.165, 1.54) is 5.56 Å². The van der Waals surface area contributed by atoms with Gasteiger partial charge in [-0.3, -0.25) is 0 Å². The fourth-order valence-corrected chi connectivity index (χ4v) is 2.36. The van der Waals surface area contributed by atoms with Crippen LogP contribution in [0.25, 0.3) is 0 Å². The Morgan fingerprint density at radius 3 is 2.14 bits per heavy atom. The Kier molecular flexibility index (Phi) is 5.21. The number of hydrogen-bond acceptors (Lipinski definition) is 2. The molecule has 0 aliphatic heterocycles. The van der Waals surface area contributed by atoms with Gasteiger partial charge in [-0.15, -0.1) is 0 Å². The molecule has 0 bridgehead atoms. The maximum atomic E-state index is 9.29.